The maximum absolute atomic E-state index is 5.66. The largest absolute Gasteiger partial charge is 0.399 e. The highest BCUT2D eigenvalue weighted by atomic mass is 32.2. The van der Waals surface area contributed by atoms with Gasteiger partial charge < -0.3 is 5.73 Å². The van der Waals surface area contributed by atoms with Crippen LogP contribution in [0.15, 0.2) is 24.3 Å². The Hall–Kier alpha value is -0.480. The van der Waals surface area contributed by atoms with Gasteiger partial charge >= 0.3 is 0 Å². The third-order valence-electron chi connectivity index (χ3n) is 1.41. The van der Waals surface area contributed by atoms with E-state index < -0.39 is 0 Å². The average molecular weight is 200 g/mol. The number of hydrogen-bond donors (Lipinski definition) is 1. The van der Waals surface area contributed by atoms with Crippen molar-refractivity contribution in [2.75, 3.05) is 22.0 Å². The molecule has 0 radical (unpaired) electrons. The van der Waals surface area contributed by atoms with Crippen molar-refractivity contribution in [1.82, 2.24) is 0 Å². The molecule has 66 valence electrons. The second-order valence-corrected chi connectivity index (χ2v) is 3.91. The molecule has 0 saturated heterocycles. The van der Waals surface area contributed by atoms with E-state index in [4.69, 9.17) is 5.73 Å². The molecule has 0 atom stereocenters. The molecule has 0 amide bonds. The van der Waals surface area contributed by atoms with Crippen molar-refractivity contribution in [3.63, 3.8) is 0 Å². The van der Waals surface area contributed by atoms with Gasteiger partial charge in [-0.3, -0.25) is 3.71 Å². The molecule has 2 N–H and O–H groups in total. The predicted octanol–water partition coefficient (Wildman–Crippen LogP) is 2.63. The third kappa shape index (κ3) is 2.25. The number of hydrogen-bond acceptors (Lipinski definition) is 4. The number of nitrogens with two attached hydrogens (primary N) is 1. The minimum Gasteiger partial charge on any atom is -0.399 e. The van der Waals surface area contributed by atoms with Crippen LogP contribution in [0.25, 0.3) is 0 Å². The van der Waals surface area contributed by atoms with Gasteiger partial charge in [0.2, 0.25) is 0 Å². The fourth-order valence-corrected chi connectivity index (χ4v) is 2.17. The van der Waals surface area contributed by atoms with Crippen LogP contribution in [0.1, 0.15) is 0 Å². The maximum Gasteiger partial charge on any atom is 0.0614 e. The molecule has 0 spiro atoms. The van der Waals surface area contributed by atoms with E-state index in [2.05, 4.69) is 3.71 Å². The van der Waals surface area contributed by atoms with Gasteiger partial charge in [0.25, 0.3) is 0 Å². The van der Waals surface area contributed by atoms with Crippen LogP contribution in [0, 0.1) is 0 Å². The number of benzene rings is 1. The summed E-state index contributed by atoms with van der Waals surface area (Å²) in [5, 5.41) is 0. The molecule has 0 aliphatic rings. The van der Waals surface area contributed by atoms with Gasteiger partial charge in [0.05, 0.1) is 5.69 Å². The van der Waals surface area contributed by atoms with E-state index in [1.165, 1.54) is 0 Å². The van der Waals surface area contributed by atoms with Crippen LogP contribution in [-0.2, 0) is 0 Å². The van der Waals surface area contributed by atoms with E-state index in [0.29, 0.717) is 0 Å². The number of nitrogens with zero attached hydrogens (tertiary/aromatic N) is 1. The highest BCUT2D eigenvalue weighted by Gasteiger charge is 2.02. The van der Waals surface area contributed by atoms with Crippen molar-refractivity contribution in [3.05, 3.63) is 24.3 Å². The summed E-state index contributed by atoms with van der Waals surface area (Å²) in [5.41, 5.74) is 7.60. The van der Waals surface area contributed by atoms with Crippen molar-refractivity contribution < 1.29 is 0 Å². The Morgan fingerprint density at radius 2 is 1.92 bits per heavy atom. The van der Waals surface area contributed by atoms with Gasteiger partial charge in [0, 0.05) is 18.2 Å². The first kappa shape index (κ1) is 9.61. The monoisotopic (exact) mass is 200 g/mol. The molecule has 1 aromatic rings. The molecule has 0 saturated carbocycles. The standard InChI is InChI=1S/C8H12N2S2/c1-11-10(12-2)8-5-3-4-7(9)6-8/h3-6H,9H2,1-2H3. The summed E-state index contributed by atoms with van der Waals surface area (Å²) in [5.74, 6) is 0. The highest BCUT2D eigenvalue weighted by Crippen LogP contribution is 2.28. The first-order valence-electron chi connectivity index (χ1n) is 3.52. The summed E-state index contributed by atoms with van der Waals surface area (Å²) >= 11 is 3.34. The first-order valence-corrected chi connectivity index (χ1v) is 5.88. The lowest BCUT2D eigenvalue weighted by Gasteiger charge is -2.17. The van der Waals surface area contributed by atoms with E-state index in [1.54, 1.807) is 23.9 Å². The van der Waals surface area contributed by atoms with Crippen molar-refractivity contribution in [2.45, 2.75) is 0 Å². The SMILES string of the molecule is CSN(SC)c1cccc(N)c1. The lowest BCUT2D eigenvalue weighted by Crippen LogP contribution is -2.01. The zero-order chi connectivity index (χ0) is 8.97. The smallest absolute Gasteiger partial charge is 0.0614 e. The number of nitrogen functional groups attached to an aromatic ring is 1. The van der Waals surface area contributed by atoms with Crippen LogP contribution < -0.4 is 9.44 Å². The number of rotatable bonds is 3. The van der Waals surface area contributed by atoms with E-state index in [0.717, 1.165) is 11.4 Å². The van der Waals surface area contributed by atoms with Gasteiger partial charge in [-0.15, -0.1) is 0 Å². The van der Waals surface area contributed by atoms with Gasteiger partial charge in [-0.25, -0.2) is 0 Å². The summed E-state index contributed by atoms with van der Waals surface area (Å²) in [7, 11) is 0. The van der Waals surface area contributed by atoms with E-state index >= 15 is 0 Å². The molecule has 1 rings (SSSR count). The van der Waals surface area contributed by atoms with Gasteiger partial charge in [0.1, 0.15) is 0 Å². The molecule has 1 aromatic carbocycles. The quantitative estimate of drug-likeness (QED) is 0.600. The topological polar surface area (TPSA) is 29.3 Å². The summed E-state index contributed by atoms with van der Waals surface area (Å²) in [6, 6.07) is 7.86. The third-order valence-corrected chi connectivity index (χ3v) is 3.39. The Kier molecular flexibility index (Phi) is 3.62. The minimum atomic E-state index is 0.806. The van der Waals surface area contributed by atoms with E-state index in [-0.39, 0.29) is 0 Å². The molecule has 4 heteroatoms. The van der Waals surface area contributed by atoms with Crippen LogP contribution in [0.2, 0.25) is 0 Å². The van der Waals surface area contributed by atoms with Gasteiger partial charge in [-0.2, -0.15) is 0 Å². The highest BCUT2D eigenvalue weighted by molar-refractivity contribution is 8.17. The summed E-state index contributed by atoms with van der Waals surface area (Å²) in [6.07, 6.45) is 4.08. The summed E-state index contributed by atoms with van der Waals surface area (Å²) in [4.78, 5) is 0. The van der Waals surface area contributed by atoms with Gasteiger partial charge in [-0.1, -0.05) is 6.07 Å². The molecular formula is C8H12N2S2. The maximum atomic E-state index is 5.66. The molecule has 0 heterocycles. The average Bonchev–Trinajstić information content (AvgIpc) is 2.07. The lowest BCUT2D eigenvalue weighted by atomic mass is 10.3. The van der Waals surface area contributed by atoms with Crippen LogP contribution in [0.5, 0.6) is 0 Å². The van der Waals surface area contributed by atoms with E-state index in [1.807, 2.05) is 36.8 Å². The minimum absolute atomic E-state index is 0.806. The molecule has 0 aromatic heterocycles. The fourth-order valence-electron chi connectivity index (χ4n) is 0.924. The molecule has 2 nitrogen and oxygen atoms in total. The van der Waals surface area contributed by atoms with Crippen molar-refractivity contribution in [2.24, 2.45) is 0 Å². The molecule has 12 heavy (non-hydrogen) atoms. The zero-order valence-corrected chi connectivity index (χ0v) is 8.78. The van der Waals surface area contributed by atoms with Gasteiger partial charge in [-0.05, 0) is 42.1 Å². The van der Waals surface area contributed by atoms with E-state index in [9.17, 15) is 0 Å². The van der Waals surface area contributed by atoms with Crippen molar-refractivity contribution in [1.29, 1.82) is 0 Å². The fraction of sp³-hybridized carbons (Fsp3) is 0.250. The lowest BCUT2D eigenvalue weighted by molar-refractivity contribution is 1.60. The van der Waals surface area contributed by atoms with Crippen LogP contribution >= 0.6 is 23.9 Å². The molecule has 0 bridgehead atoms. The van der Waals surface area contributed by atoms with Crippen LogP contribution in [0.3, 0.4) is 0 Å². The second kappa shape index (κ2) is 4.52. The predicted molar refractivity (Wildman–Crippen MR) is 60.4 cm³/mol. The van der Waals surface area contributed by atoms with Crippen LogP contribution in [-0.4, -0.2) is 12.5 Å². The normalized spacial score (nSPS) is 9.83. The molecule has 0 aliphatic heterocycles. The second-order valence-electron chi connectivity index (χ2n) is 2.22. The van der Waals surface area contributed by atoms with Crippen molar-refractivity contribution >= 4 is 35.3 Å². The zero-order valence-electron chi connectivity index (χ0n) is 7.15. The Labute approximate surface area is 81.8 Å². The summed E-state index contributed by atoms with van der Waals surface area (Å²) in [6.45, 7) is 0. The number of anilines is 2. The molecule has 0 fully saturated rings. The summed E-state index contributed by atoms with van der Waals surface area (Å²) < 4.78 is 2.11. The van der Waals surface area contributed by atoms with Crippen LogP contribution in [0.4, 0.5) is 11.4 Å². The first-order chi connectivity index (χ1) is 5.77. The van der Waals surface area contributed by atoms with Gasteiger partial charge in [0.15, 0.2) is 0 Å². The molecule has 0 unspecified atom stereocenters. The Bertz CT molecular complexity index is 249. The Morgan fingerprint density at radius 3 is 2.42 bits per heavy atom. The molecular weight excluding hydrogens is 188 g/mol. The molecule has 0 aliphatic carbocycles. The van der Waals surface area contributed by atoms with Crippen molar-refractivity contribution in [3.8, 4) is 0 Å². The Balaban J connectivity index is 2.85. The Morgan fingerprint density at radius 1 is 1.25 bits per heavy atom.